The van der Waals surface area contributed by atoms with Gasteiger partial charge in [-0.1, -0.05) is 0 Å². The van der Waals surface area contributed by atoms with Crippen molar-refractivity contribution in [1.82, 2.24) is 0 Å². The summed E-state index contributed by atoms with van der Waals surface area (Å²) in [5.41, 5.74) is 0. The SMILES string of the molecule is O=[Si]([O-])O[Si](=O)[O-].[Al+3].[Al+3].[Al+3].[Al+3].[OH-].[OH-].[OH-].[OH-].[OH-].[OH-].[OH-].[OH-].[OH-].[OH-].[OH-].[OH-].[OH-].[OH-].[OH-].[OH-]. The van der Waals surface area contributed by atoms with Crippen LogP contribution in [0.5, 0.6) is 0 Å². The molecule has 0 spiro atoms. The van der Waals surface area contributed by atoms with Gasteiger partial charge >= 0.3 is 87.8 Å². The molecule has 27 heteroatoms. The Morgan fingerprint density at radius 3 is 0.444 bits per heavy atom. The van der Waals surface area contributed by atoms with Gasteiger partial charge in [-0.25, -0.2) is 0 Å². The second-order valence-electron chi connectivity index (χ2n) is 0.602. The topological polar surface area (TPSA) is 569 Å². The zero-order valence-electron chi connectivity index (χ0n) is 12.5. The maximum Gasteiger partial charge on any atom is 3.00 e. The molecule has 0 atom stereocenters. The van der Waals surface area contributed by atoms with Crippen LogP contribution in [0.25, 0.3) is 0 Å². The van der Waals surface area contributed by atoms with E-state index < -0.39 is 18.3 Å². The van der Waals surface area contributed by atoms with E-state index in [1.165, 1.54) is 0 Å². The van der Waals surface area contributed by atoms with E-state index in [1.54, 1.807) is 0 Å². The van der Waals surface area contributed by atoms with Crippen LogP contribution in [0.1, 0.15) is 0 Å². The fraction of sp³-hybridized carbons (Fsp3) is 0. The van der Waals surface area contributed by atoms with Crippen molar-refractivity contribution in [3.8, 4) is 0 Å². The van der Waals surface area contributed by atoms with E-state index in [9.17, 15) is 18.5 Å². The van der Waals surface area contributed by atoms with Crippen molar-refractivity contribution in [2.45, 2.75) is 0 Å². The van der Waals surface area contributed by atoms with Gasteiger partial charge in [0.2, 0.25) is 0 Å². The molecule has 0 unspecified atom stereocenters. The van der Waals surface area contributed by atoms with E-state index in [1.807, 2.05) is 0 Å². The summed E-state index contributed by atoms with van der Waals surface area (Å²) in [6, 6.07) is 0. The molecule has 0 amide bonds. The predicted molar refractivity (Wildman–Crippen MR) is 68.0 cm³/mol. The number of rotatable bonds is 2. The first-order chi connectivity index (χ1) is 3.13. The van der Waals surface area contributed by atoms with Gasteiger partial charge in [-0.15, -0.1) is 0 Å². The van der Waals surface area contributed by atoms with Crippen LogP contribution in [0.4, 0.5) is 0 Å². The first kappa shape index (κ1) is 422. The minimum atomic E-state index is -3.51. The summed E-state index contributed by atoms with van der Waals surface area (Å²) < 4.78 is 21.8. The summed E-state index contributed by atoms with van der Waals surface area (Å²) in [6.45, 7) is 0. The Morgan fingerprint density at radius 2 is 0.444 bits per heavy atom. The minimum absolute atomic E-state index is 0. The van der Waals surface area contributed by atoms with Crippen molar-refractivity contribution >= 4 is 87.8 Å². The Labute approximate surface area is 197 Å². The standard InChI is InChI=1S/4Al.O5Si2.16H2O/c;;;;1-6(2)5-7(3)4;;;;;;;;;;;;;;;;/h;;;;;16*1H2/q4*+3;-2;;;;;;;;;;;;;;;;/p-16. The van der Waals surface area contributed by atoms with E-state index in [0.717, 1.165) is 0 Å². The molecule has 0 saturated heterocycles. The number of hydrogen-bond acceptors (Lipinski definition) is 21. The molecule has 0 aromatic heterocycles. The van der Waals surface area contributed by atoms with Crippen molar-refractivity contribution in [3.05, 3.63) is 0 Å². The van der Waals surface area contributed by atoms with Crippen molar-refractivity contribution < 1.29 is 110 Å². The van der Waals surface area contributed by atoms with Crippen molar-refractivity contribution in [2.75, 3.05) is 0 Å². The van der Waals surface area contributed by atoms with Crippen LogP contribution >= 0.6 is 0 Å². The van der Waals surface area contributed by atoms with Gasteiger partial charge in [-0.2, -0.15) is 0 Å². The van der Waals surface area contributed by atoms with Gasteiger partial charge in [0.25, 0.3) is 0 Å². The molecule has 0 radical (unpaired) electrons. The van der Waals surface area contributed by atoms with Crippen LogP contribution in [0.15, 0.2) is 0 Å². The van der Waals surface area contributed by atoms with Crippen LogP contribution in [-0.4, -0.2) is 175 Å². The first-order valence-corrected chi connectivity index (χ1v) is 3.67. The van der Waals surface area contributed by atoms with E-state index in [-0.39, 0.29) is 157 Å². The molecule has 0 saturated carbocycles. The molecule has 21 nitrogen and oxygen atoms in total. The molecule has 0 aromatic carbocycles. The normalized spacial score (nSPS) is 1.93. The largest absolute Gasteiger partial charge is 3.00 e. The smallest absolute Gasteiger partial charge is 0.870 e. The van der Waals surface area contributed by atoms with Crippen LogP contribution in [0.3, 0.4) is 0 Å². The first-order valence-electron chi connectivity index (χ1n) is 1.22. The molecule has 0 aromatic rings. The van der Waals surface area contributed by atoms with Crippen LogP contribution in [0.2, 0.25) is 0 Å². The average Bonchev–Trinajstić information content (AvgIpc) is 1.27. The predicted octanol–water partition coefficient (Wildman–Crippen LogP) is -7.80. The van der Waals surface area contributed by atoms with Crippen molar-refractivity contribution in [3.63, 3.8) is 0 Å². The van der Waals surface area contributed by atoms with Crippen molar-refractivity contribution in [1.29, 1.82) is 0 Å². The van der Waals surface area contributed by atoms with Gasteiger partial charge in [0.05, 0.1) is 0 Å². The van der Waals surface area contributed by atoms with Gasteiger partial charge in [-0.3, -0.25) is 0 Å². The minimum Gasteiger partial charge on any atom is -0.870 e. The number of hydrogen-bond donors (Lipinski definition) is 0. The molecule has 0 fully saturated rings. The Balaban J connectivity index is -0.000000000947. The molecule has 0 rings (SSSR count). The third-order valence-electron chi connectivity index (χ3n) is 0.167. The molecule has 0 heterocycles. The van der Waals surface area contributed by atoms with Gasteiger partial charge in [0, 0.05) is 0 Å². The fourth-order valence-corrected chi connectivity index (χ4v) is 0.612. The summed E-state index contributed by atoms with van der Waals surface area (Å²) >= 11 is 0. The molecule has 0 aliphatic heterocycles. The van der Waals surface area contributed by atoms with Crippen LogP contribution in [-0.2, 0) is 13.0 Å². The molecule has 0 aliphatic rings. The maximum absolute atomic E-state index is 9.29. The molecular weight excluding hydrogens is 500 g/mol. The van der Waals surface area contributed by atoms with Crippen LogP contribution < -0.4 is 9.59 Å². The van der Waals surface area contributed by atoms with E-state index in [4.69, 9.17) is 0 Å². The zero-order valence-corrected chi connectivity index (χ0v) is 19.1. The van der Waals surface area contributed by atoms with E-state index >= 15 is 0 Å². The summed E-state index contributed by atoms with van der Waals surface area (Å²) in [4.78, 5) is 18.6. The van der Waals surface area contributed by atoms with Crippen LogP contribution in [0, 0.1) is 0 Å². The Kier molecular flexibility index (Phi) is 4510. The third kappa shape index (κ3) is 690. The zero-order chi connectivity index (χ0) is 5.86. The molecule has 0 aliphatic carbocycles. The molecule has 27 heavy (non-hydrogen) atoms. The monoisotopic (exact) mass is 516 g/mol. The quantitative estimate of drug-likeness (QED) is 0.307. The molecule has 168 valence electrons. The summed E-state index contributed by atoms with van der Waals surface area (Å²) in [7, 11) is -7.03. The summed E-state index contributed by atoms with van der Waals surface area (Å²) in [5.74, 6) is 0. The summed E-state index contributed by atoms with van der Waals surface area (Å²) in [5, 5.41) is 0. The van der Waals surface area contributed by atoms with Gasteiger partial charge in [-0.05, 0) is 0 Å². The Hall–Kier alpha value is 0.924. The van der Waals surface area contributed by atoms with Crippen molar-refractivity contribution in [2.24, 2.45) is 0 Å². The Bertz CT molecular complexity index is 102. The molecule has 0 bridgehead atoms. The summed E-state index contributed by atoms with van der Waals surface area (Å²) in [6.07, 6.45) is 0. The fourth-order valence-electron chi connectivity index (χ4n) is 0.0680. The maximum atomic E-state index is 9.29. The van der Waals surface area contributed by atoms with Gasteiger partial charge in [0.15, 0.2) is 0 Å². The van der Waals surface area contributed by atoms with Gasteiger partial charge < -0.3 is 110 Å². The van der Waals surface area contributed by atoms with E-state index in [0.29, 0.717) is 0 Å². The van der Waals surface area contributed by atoms with Gasteiger partial charge in [0.1, 0.15) is 0 Å². The molecular formula is H16Al4O21Si2-6. The second kappa shape index (κ2) is 288. The average molecular weight is 516 g/mol. The second-order valence-corrected chi connectivity index (χ2v) is 2.42. The molecule has 16 N–H and O–H groups in total. The Morgan fingerprint density at radius 1 is 0.370 bits per heavy atom. The third-order valence-corrected chi connectivity index (χ3v) is 1.50. The van der Waals surface area contributed by atoms with E-state index in [2.05, 4.69) is 4.12 Å².